The number of carbonyl (C=O) groups excluding carboxylic acids is 1. The van der Waals surface area contributed by atoms with Crippen molar-refractivity contribution in [1.82, 2.24) is 5.32 Å². The summed E-state index contributed by atoms with van der Waals surface area (Å²) in [7, 11) is 1.52. The van der Waals surface area contributed by atoms with Crippen molar-refractivity contribution in [2.24, 2.45) is 0 Å². The molecule has 0 heterocycles. The Morgan fingerprint density at radius 3 is 2.94 bits per heavy atom. The molecule has 0 aliphatic rings. The first-order valence-corrected chi connectivity index (χ1v) is 6.11. The van der Waals surface area contributed by atoms with E-state index >= 15 is 0 Å². The highest BCUT2D eigenvalue weighted by Gasteiger charge is 2.06. The number of amides is 1. The number of nitrogens with one attached hydrogen (secondary N) is 1. The monoisotopic (exact) mass is 251 g/mol. The number of benzene rings is 1. The summed E-state index contributed by atoms with van der Waals surface area (Å²) >= 11 is 0. The smallest absolute Gasteiger partial charge is 0.220 e. The fourth-order valence-electron chi connectivity index (χ4n) is 1.70. The Labute approximate surface area is 108 Å². The zero-order chi connectivity index (χ0) is 13.4. The van der Waals surface area contributed by atoms with Crippen LogP contribution in [0.15, 0.2) is 24.3 Å². The molecule has 0 spiro atoms. The van der Waals surface area contributed by atoms with E-state index in [1.807, 2.05) is 25.1 Å². The molecule has 18 heavy (non-hydrogen) atoms. The van der Waals surface area contributed by atoms with E-state index in [2.05, 4.69) is 11.4 Å². The van der Waals surface area contributed by atoms with Crippen LogP contribution in [-0.2, 0) is 16.0 Å². The van der Waals surface area contributed by atoms with Gasteiger partial charge in [0, 0.05) is 20.1 Å². The number of aryl methyl sites for hydroxylation is 2. The summed E-state index contributed by atoms with van der Waals surface area (Å²) in [6, 6.07) is 8.11. The van der Waals surface area contributed by atoms with Crippen LogP contribution in [0.4, 0.5) is 0 Å². The number of carbonyl (C=O) groups is 1. The summed E-state index contributed by atoms with van der Waals surface area (Å²) in [6.07, 6.45) is 0.509. The molecule has 1 unspecified atom stereocenters. The minimum atomic E-state index is -0.641. The molecule has 0 bridgehead atoms. The fraction of sp³-hybridized carbons (Fsp3) is 0.500. The van der Waals surface area contributed by atoms with Crippen molar-refractivity contribution in [3.05, 3.63) is 35.4 Å². The first-order valence-electron chi connectivity index (χ1n) is 6.11. The molecular weight excluding hydrogens is 230 g/mol. The van der Waals surface area contributed by atoms with Gasteiger partial charge in [0.2, 0.25) is 5.91 Å². The largest absolute Gasteiger partial charge is 0.389 e. The van der Waals surface area contributed by atoms with Crippen molar-refractivity contribution in [3.63, 3.8) is 0 Å². The summed E-state index contributed by atoms with van der Waals surface area (Å²) in [5, 5.41) is 12.1. The Kier molecular flexibility index (Phi) is 6.39. The first kappa shape index (κ1) is 14.7. The van der Waals surface area contributed by atoms with Gasteiger partial charge in [-0.1, -0.05) is 29.8 Å². The van der Waals surface area contributed by atoms with Gasteiger partial charge in [-0.15, -0.1) is 0 Å². The van der Waals surface area contributed by atoms with Crippen molar-refractivity contribution in [1.29, 1.82) is 0 Å². The SMILES string of the molecule is COCC(O)CNC(=O)CCc1cccc(C)c1. The lowest BCUT2D eigenvalue weighted by Gasteiger charge is -2.10. The van der Waals surface area contributed by atoms with E-state index < -0.39 is 6.10 Å². The number of hydrogen-bond acceptors (Lipinski definition) is 3. The van der Waals surface area contributed by atoms with Gasteiger partial charge in [-0.2, -0.15) is 0 Å². The number of rotatable bonds is 7. The first-order chi connectivity index (χ1) is 8.61. The van der Waals surface area contributed by atoms with Crippen molar-refractivity contribution >= 4 is 5.91 Å². The number of ether oxygens (including phenoxy) is 1. The zero-order valence-electron chi connectivity index (χ0n) is 11.0. The van der Waals surface area contributed by atoms with Crippen molar-refractivity contribution < 1.29 is 14.6 Å². The molecule has 0 aliphatic carbocycles. The summed E-state index contributed by atoms with van der Waals surface area (Å²) in [5.74, 6) is -0.0494. The Morgan fingerprint density at radius 1 is 1.50 bits per heavy atom. The van der Waals surface area contributed by atoms with Crippen LogP contribution in [0.1, 0.15) is 17.5 Å². The molecule has 4 nitrogen and oxygen atoms in total. The van der Waals surface area contributed by atoms with Crippen LogP contribution in [0.5, 0.6) is 0 Å². The van der Waals surface area contributed by atoms with Gasteiger partial charge in [0.15, 0.2) is 0 Å². The van der Waals surface area contributed by atoms with E-state index in [1.54, 1.807) is 0 Å². The molecule has 0 aromatic heterocycles. The predicted octanol–water partition coefficient (Wildman–Crippen LogP) is 1.05. The average Bonchev–Trinajstić information content (AvgIpc) is 2.34. The Bertz CT molecular complexity index is 379. The Morgan fingerprint density at radius 2 is 2.28 bits per heavy atom. The lowest BCUT2D eigenvalue weighted by atomic mass is 10.1. The number of hydrogen-bond donors (Lipinski definition) is 2. The maximum Gasteiger partial charge on any atom is 0.220 e. The standard InChI is InChI=1S/C14H21NO3/c1-11-4-3-5-12(8-11)6-7-14(17)15-9-13(16)10-18-2/h3-5,8,13,16H,6-7,9-10H2,1-2H3,(H,15,17). The molecule has 1 atom stereocenters. The van der Waals surface area contributed by atoms with E-state index in [9.17, 15) is 9.90 Å². The lowest BCUT2D eigenvalue weighted by Crippen LogP contribution is -2.34. The second-order valence-electron chi connectivity index (χ2n) is 4.40. The molecule has 1 aromatic carbocycles. The normalized spacial score (nSPS) is 12.2. The molecule has 0 saturated carbocycles. The van der Waals surface area contributed by atoms with E-state index in [1.165, 1.54) is 12.7 Å². The van der Waals surface area contributed by atoms with Gasteiger partial charge < -0.3 is 15.2 Å². The summed E-state index contributed by atoms with van der Waals surface area (Å²) in [4.78, 5) is 11.5. The third kappa shape index (κ3) is 5.80. The predicted molar refractivity (Wildman–Crippen MR) is 70.4 cm³/mol. The van der Waals surface area contributed by atoms with Crippen molar-refractivity contribution in [2.45, 2.75) is 25.9 Å². The summed E-state index contributed by atoms with van der Waals surface area (Å²) in [5.41, 5.74) is 2.35. The van der Waals surface area contributed by atoms with Crippen LogP contribution < -0.4 is 5.32 Å². The van der Waals surface area contributed by atoms with E-state index in [0.717, 1.165) is 5.56 Å². The van der Waals surface area contributed by atoms with Crippen LogP contribution in [0, 0.1) is 6.92 Å². The molecule has 1 amide bonds. The van der Waals surface area contributed by atoms with Crippen LogP contribution in [0.2, 0.25) is 0 Å². The summed E-state index contributed by atoms with van der Waals surface area (Å²) in [6.45, 7) is 2.50. The van der Waals surface area contributed by atoms with Gasteiger partial charge in [0.25, 0.3) is 0 Å². The minimum absolute atomic E-state index is 0.0494. The van der Waals surface area contributed by atoms with Crippen LogP contribution in [-0.4, -0.2) is 37.4 Å². The highest BCUT2D eigenvalue weighted by molar-refractivity contribution is 5.76. The second kappa shape index (κ2) is 7.84. The molecule has 1 aromatic rings. The second-order valence-corrected chi connectivity index (χ2v) is 4.40. The molecule has 100 valence electrons. The summed E-state index contributed by atoms with van der Waals surface area (Å²) < 4.78 is 4.78. The highest BCUT2D eigenvalue weighted by Crippen LogP contribution is 2.06. The number of methoxy groups -OCH3 is 1. The number of aliphatic hydroxyl groups excluding tert-OH is 1. The highest BCUT2D eigenvalue weighted by atomic mass is 16.5. The number of aliphatic hydroxyl groups is 1. The van der Waals surface area contributed by atoms with Crippen molar-refractivity contribution in [2.75, 3.05) is 20.3 Å². The molecule has 0 saturated heterocycles. The van der Waals surface area contributed by atoms with Gasteiger partial charge in [-0.25, -0.2) is 0 Å². The topological polar surface area (TPSA) is 58.6 Å². The third-order valence-electron chi connectivity index (χ3n) is 2.62. The average molecular weight is 251 g/mol. The Balaban J connectivity index is 2.25. The quantitative estimate of drug-likeness (QED) is 0.761. The minimum Gasteiger partial charge on any atom is -0.389 e. The lowest BCUT2D eigenvalue weighted by molar-refractivity contribution is -0.121. The van der Waals surface area contributed by atoms with Crippen LogP contribution in [0.25, 0.3) is 0 Å². The zero-order valence-corrected chi connectivity index (χ0v) is 11.0. The van der Waals surface area contributed by atoms with E-state index in [-0.39, 0.29) is 19.1 Å². The van der Waals surface area contributed by atoms with Crippen LogP contribution in [0.3, 0.4) is 0 Å². The van der Waals surface area contributed by atoms with Gasteiger partial charge in [0.05, 0.1) is 12.7 Å². The van der Waals surface area contributed by atoms with Gasteiger partial charge >= 0.3 is 0 Å². The van der Waals surface area contributed by atoms with Crippen LogP contribution >= 0.6 is 0 Å². The Hall–Kier alpha value is -1.39. The third-order valence-corrected chi connectivity index (χ3v) is 2.62. The maximum absolute atomic E-state index is 11.5. The van der Waals surface area contributed by atoms with E-state index in [0.29, 0.717) is 12.8 Å². The molecule has 1 rings (SSSR count). The van der Waals surface area contributed by atoms with Gasteiger partial charge in [0.1, 0.15) is 0 Å². The molecule has 0 radical (unpaired) electrons. The molecular formula is C14H21NO3. The molecule has 4 heteroatoms. The molecule has 0 fully saturated rings. The van der Waals surface area contributed by atoms with Gasteiger partial charge in [-0.3, -0.25) is 4.79 Å². The van der Waals surface area contributed by atoms with E-state index in [4.69, 9.17) is 4.74 Å². The fourth-order valence-corrected chi connectivity index (χ4v) is 1.70. The molecule has 2 N–H and O–H groups in total. The molecule has 0 aliphatic heterocycles. The van der Waals surface area contributed by atoms with Gasteiger partial charge in [-0.05, 0) is 18.9 Å². The maximum atomic E-state index is 11.5. The van der Waals surface area contributed by atoms with Crippen molar-refractivity contribution in [3.8, 4) is 0 Å².